The molecule has 2 rings (SSSR count). The highest BCUT2D eigenvalue weighted by Crippen LogP contribution is 2.37. The third-order valence-corrected chi connectivity index (χ3v) is 6.06. The number of benzene rings is 1. The van der Waals surface area contributed by atoms with Crippen LogP contribution in [0.2, 0.25) is 5.02 Å². The van der Waals surface area contributed by atoms with Gasteiger partial charge >= 0.3 is 0 Å². The predicted molar refractivity (Wildman–Crippen MR) is 111 cm³/mol. The number of amidine groups is 1. The normalized spacial score (nSPS) is 13.8. The molecule has 1 aliphatic rings. The first-order chi connectivity index (χ1) is 15.0. The topological polar surface area (TPSA) is 218 Å². The zero-order valence-corrected chi connectivity index (χ0v) is 18.4. The van der Waals surface area contributed by atoms with Crippen molar-refractivity contribution in [2.24, 2.45) is 10.1 Å². The SMILES string of the molecule is NS(=O)(=O)c1cc2c(cc1Cl)N=C(CCCC(=O)NC[C@@H](CO[N+](=O)[O-])O[N+](=O)[O-])NS2. The molecule has 0 radical (unpaired) electrons. The zero-order chi connectivity index (χ0) is 23.9. The highest BCUT2D eigenvalue weighted by molar-refractivity contribution is 7.98. The lowest BCUT2D eigenvalue weighted by molar-refractivity contribution is -0.789. The van der Waals surface area contributed by atoms with E-state index in [9.17, 15) is 33.4 Å². The number of aliphatic imine (C=N–C) groups is 1. The molecule has 0 aromatic heterocycles. The number of rotatable bonds is 12. The Morgan fingerprint density at radius 2 is 2.06 bits per heavy atom. The number of carbonyl (C=O) groups is 1. The molecule has 0 spiro atoms. The maximum Gasteiger partial charge on any atom is 0.294 e. The molecule has 18 heteroatoms. The number of carbonyl (C=O) groups excluding carboxylic acids is 1. The Labute approximate surface area is 190 Å². The average Bonchev–Trinajstić information content (AvgIpc) is 2.68. The number of nitrogens with one attached hydrogen (secondary N) is 2. The first-order valence-electron chi connectivity index (χ1n) is 8.67. The number of sulfonamides is 1. The van der Waals surface area contributed by atoms with Crippen molar-refractivity contribution in [3.8, 4) is 0 Å². The van der Waals surface area contributed by atoms with Gasteiger partial charge in [-0.3, -0.25) is 4.79 Å². The molecular weight excluding hydrogens is 496 g/mol. The van der Waals surface area contributed by atoms with Gasteiger partial charge in [-0.2, -0.15) is 0 Å². The molecule has 1 aromatic carbocycles. The number of nitrogens with zero attached hydrogens (tertiary/aromatic N) is 3. The number of fused-ring (bicyclic) bond motifs is 1. The molecule has 1 amide bonds. The zero-order valence-electron chi connectivity index (χ0n) is 16.1. The van der Waals surface area contributed by atoms with Crippen LogP contribution in [-0.4, -0.2) is 49.6 Å². The monoisotopic (exact) mass is 512 g/mol. The van der Waals surface area contributed by atoms with E-state index in [0.717, 1.165) is 11.9 Å². The summed E-state index contributed by atoms with van der Waals surface area (Å²) in [7, 11) is -3.98. The molecule has 0 saturated heterocycles. The number of primary sulfonamides is 1. The van der Waals surface area contributed by atoms with Gasteiger partial charge in [-0.05, 0) is 30.5 Å². The van der Waals surface area contributed by atoms with Crippen molar-refractivity contribution < 1.29 is 33.1 Å². The third-order valence-electron chi connectivity index (χ3n) is 3.80. The predicted octanol–water partition coefficient (Wildman–Crippen LogP) is 0.699. The third kappa shape index (κ3) is 7.98. The van der Waals surface area contributed by atoms with Crippen molar-refractivity contribution in [3.63, 3.8) is 0 Å². The van der Waals surface area contributed by atoms with Crippen LogP contribution >= 0.6 is 23.5 Å². The van der Waals surface area contributed by atoms with Gasteiger partial charge in [0.25, 0.3) is 10.2 Å². The second-order valence-corrected chi connectivity index (χ2v) is 8.97. The minimum absolute atomic E-state index is 0.0324. The summed E-state index contributed by atoms with van der Waals surface area (Å²) in [5.41, 5.74) is 0.441. The second kappa shape index (κ2) is 11.1. The molecule has 15 nitrogen and oxygen atoms in total. The van der Waals surface area contributed by atoms with E-state index in [4.69, 9.17) is 16.7 Å². The summed E-state index contributed by atoms with van der Waals surface area (Å²) in [6, 6.07) is 2.68. The van der Waals surface area contributed by atoms with Crippen LogP contribution in [0.3, 0.4) is 0 Å². The molecule has 0 aliphatic carbocycles. The maximum absolute atomic E-state index is 11.9. The fourth-order valence-electron chi connectivity index (χ4n) is 2.43. The molecule has 176 valence electrons. The van der Waals surface area contributed by atoms with Crippen LogP contribution in [0.25, 0.3) is 0 Å². The lowest BCUT2D eigenvalue weighted by atomic mass is 10.2. The molecule has 0 bridgehead atoms. The van der Waals surface area contributed by atoms with Crippen molar-refractivity contribution in [2.75, 3.05) is 13.2 Å². The van der Waals surface area contributed by atoms with Gasteiger partial charge in [0.1, 0.15) is 23.4 Å². The van der Waals surface area contributed by atoms with Gasteiger partial charge < -0.3 is 19.7 Å². The van der Waals surface area contributed by atoms with Crippen molar-refractivity contribution in [1.29, 1.82) is 0 Å². The molecule has 4 N–H and O–H groups in total. The van der Waals surface area contributed by atoms with E-state index in [2.05, 4.69) is 24.7 Å². The lowest BCUT2D eigenvalue weighted by Gasteiger charge is -2.18. The van der Waals surface area contributed by atoms with Crippen molar-refractivity contribution in [3.05, 3.63) is 37.4 Å². The lowest BCUT2D eigenvalue weighted by Crippen LogP contribution is -2.38. The molecule has 0 unspecified atom stereocenters. The van der Waals surface area contributed by atoms with Gasteiger partial charge in [-0.1, -0.05) is 11.6 Å². The number of amides is 1. The van der Waals surface area contributed by atoms with Crippen LogP contribution in [0.15, 0.2) is 26.9 Å². The Balaban J connectivity index is 1.85. The quantitative estimate of drug-likeness (QED) is 0.201. The first-order valence-corrected chi connectivity index (χ1v) is 11.4. The Bertz CT molecular complexity index is 1040. The minimum atomic E-state index is -3.98. The van der Waals surface area contributed by atoms with E-state index >= 15 is 0 Å². The van der Waals surface area contributed by atoms with Crippen molar-refractivity contribution >= 4 is 51.0 Å². The van der Waals surface area contributed by atoms with E-state index < -0.39 is 38.8 Å². The van der Waals surface area contributed by atoms with Gasteiger partial charge in [0, 0.05) is 19.4 Å². The summed E-state index contributed by atoms with van der Waals surface area (Å²) in [4.78, 5) is 45.4. The minimum Gasteiger partial charge on any atom is -0.354 e. The number of nitrogens with two attached hydrogens (primary N) is 1. The largest absolute Gasteiger partial charge is 0.354 e. The molecule has 0 saturated carbocycles. The van der Waals surface area contributed by atoms with E-state index in [1.54, 1.807) is 0 Å². The summed E-state index contributed by atoms with van der Waals surface area (Å²) in [6.07, 6.45) is -0.607. The van der Waals surface area contributed by atoms with Crippen molar-refractivity contribution in [1.82, 2.24) is 10.0 Å². The Morgan fingerprint density at radius 3 is 2.69 bits per heavy atom. The average molecular weight is 513 g/mol. The summed E-state index contributed by atoms with van der Waals surface area (Å²) < 4.78 is 26.0. The molecule has 1 heterocycles. The van der Waals surface area contributed by atoms with Crippen LogP contribution in [0, 0.1) is 20.2 Å². The van der Waals surface area contributed by atoms with E-state index in [-0.39, 0.29) is 22.9 Å². The van der Waals surface area contributed by atoms with Crippen LogP contribution in [0.1, 0.15) is 19.3 Å². The van der Waals surface area contributed by atoms with Crippen LogP contribution in [0.5, 0.6) is 0 Å². The fraction of sp³-hybridized carbons (Fsp3) is 0.429. The van der Waals surface area contributed by atoms with Gasteiger partial charge in [-0.15, -0.1) is 20.2 Å². The highest BCUT2D eigenvalue weighted by atomic mass is 35.5. The van der Waals surface area contributed by atoms with E-state index in [0.29, 0.717) is 29.3 Å². The summed E-state index contributed by atoms with van der Waals surface area (Å²) in [6.45, 7) is -1.08. The Kier molecular flexibility index (Phi) is 8.81. The molecule has 1 aliphatic heterocycles. The molecule has 0 fully saturated rings. The summed E-state index contributed by atoms with van der Waals surface area (Å²) >= 11 is 7.07. The molecule has 1 aromatic rings. The fourth-order valence-corrected chi connectivity index (χ4v) is 4.35. The van der Waals surface area contributed by atoms with Gasteiger partial charge in [0.2, 0.25) is 15.9 Å². The Morgan fingerprint density at radius 1 is 1.34 bits per heavy atom. The highest BCUT2D eigenvalue weighted by Gasteiger charge is 2.21. The smallest absolute Gasteiger partial charge is 0.294 e. The molecule has 1 atom stereocenters. The Hall–Kier alpha value is -2.89. The van der Waals surface area contributed by atoms with E-state index in [1.165, 1.54) is 12.1 Å². The first kappa shape index (κ1) is 25.4. The number of halogens is 1. The summed E-state index contributed by atoms with van der Waals surface area (Å²) in [5, 5.41) is 25.7. The second-order valence-electron chi connectivity index (χ2n) is 6.19. The van der Waals surface area contributed by atoms with Gasteiger partial charge in [0.15, 0.2) is 0 Å². The molecule has 32 heavy (non-hydrogen) atoms. The summed E-state index contributed by atoms with van der Waals surface area (Å²) in [5.74, 6) is 0.0528. The van der Waals surface area contributed by atoms with Gasteiger partial charge in [0.05, 0.1) is 15.6 Å². The van der Waals surface area contributed by atoms with E-state index in [1.807, 2.05) is 0 Å². The van der Waals surface area contributed by atoms with Crippen LogP contribution in [-0.2, 0) is 24.5 Å². The van der Waals surface area contributed by atoms with Crippen LogP contribution in [0.4, 0.5) is 5.69 Å². The number of hydrogen-bond acceptors (Lipinski definition) is 12. The van der Waals surface area contributed by atoms with Crippen molar-refractivity contribution in [2.45, 2.75) is 35.2 Å². The molecular formula is C14H17ClN6O9S2. The standard InChI is InChI=1S/C14H17ClN6O9S2/c15-9-4-10-11(5-12(9)32(16,27)28)31-19-13(18-10)2-1-3-14(22)17-6-8(30-21(25)26)7-29-20(23)24/h4-5,8H,1-3,6-7H2,(H,17,22)(H,18,19)(H2,16,27,28)/t8-/m0/s1. The van der Waals surface area contributed by atoms with Crippen LogP contribution < -0.4 is 15.2 Å². The van der Waals surface area contributed by atoms with Gasteiger partial charge in [-0.25, -0.2) is 18.5 Å². The maximum atomic E-state index is 11.9. The number of hydrogen-bond donors (Lipinski definition) is 3.